The second kappa shape index (κ2) is 7.85. The molecule has 0 bridgehead atoms. The van der Waals surface area contributed by atoms with Crippen molar-refractivity contribution in [1.29, 1.82) is 0 Å². The Bertz CT molecular complexity index is 979. The van der Waals surface area contributed by atoms with Crippen molar-refractivity contribution in [2.24, 2.45) is 0 Å². The fourth-order valence-electron chi connectivity index (χ4n) is 3.33. The fourth-order valence-corrected chi connectivity index (χ4v) is 5.61. The van der Waals surface area contributed by atoms with E-state index in [1.807, 2.05) is 0 Å². The maximum absolute atomic E-state index is 2.30. The van der Waals surface area contributed by atoms with Crippen LogP contribution in [0.25, 0.3) is 11.1 Å². The van der Waals surface area contributed by atoms with Gasteiger partial charge in [0.25, 0.3) is 0 Å². The fraction of sp³-hybridized carbons (Fsp3) is 0.0769. The van der Waals surface area contributed by atoms with Crippen LogP contribution in [-0.4, -0.2) is 0 Å². The van der Waals surface area contributed by atoms with Gasteiger partial charge in [-0.25, -0.2) is 0 Å². The van der Waals surface area contributed by atoms with Gasteiger partial charge in [0.05, 0.1) is 0 Å². The van der Waals surface area contributed by atoms with Crippen molar-refractivity contribution >= 4 is 10.9 Å². The number of aryl methyl sites for hydroxylation is 2. The van der Waals surface area contributed by atoms with Crippen molar-refractivity contribution in [3.05, 3.63) is 114 Å². The molecule has 4 rings (SSSR count). The Morgan fingerprint density at radius 1 is 0.444 bits per heavy atom. The van der Waals surface area contributed by atoms with Gasteiger partial charge in [-0.3, -0.25) is 0 Å². The highest BCUT2D eigenvalue weighted by Crippen LogP contribution is 2.51. The van der Waals surface area contributed by atoms with Crippen LogP contribution < -0.4 is 0 Å². The number of hydrogen-bond acceptors (Lipinski definition) is 0. The predicted molar refractivity (Wildman–Crippen MR) is 118 cm³/mol. The lowest BCUT2D eigenvalue weighted by Gasteiger charge is -2.23. The first-order valence-electron chi connectivity index (χ1n) is 9.30. The molecule has 0 radical (unpaired) electrons. The summed E-state index contributed by atoms with van der Waals surface area (Å²) in [4.78, 5) is 4.16. The zero-order valence-electron chi connectivity index (χ0n) is 15.8. The minimum absolute atomic E-state index is 0.539. The van der Waals surface area contributed by atoms with Crippen molar-refractivity contribution in [3.63, 3.8) is 0 Å². The lowest BCUT2D eigenvalue weighted by Crippen LogP contribution is -1.89. The number of rotatable bonds is 4. The van der Waals surface area contributed by atoms with Crippen LogP contribution >= 0.6 is 10.9 Å². The normalized spacial score (nSPS) is 11.3. The van der Waals surface area contributed by atoms with Crippen molar-refractivity contribution in [1.82, 2.24) is 0 Å². The third-order valence-electron chi connectivity index (χ3n) is 4.99. The van der Waals surface area contributed by atoms with Crippen molar-refractivity contribution in [2.75, 3.05) is 0 Å². The van der Waals surface area contributed by atoms with Gasteiger partial charge in [0.1, 0.15) is 0 Å². The highest BCUT2D eigenvalue weighted by Gasteiger charge is 2.12. The van der Waals surface area contributed by atoms with Crippen molar-refractivity contribution < 1.29 is 0 Å². The molecule has 4 aromatic rings. The molecule has 0 nitrogen and oxygen atoms in total. The molecule has 0 aromatic heterocycles. The zero-order valence-corrected chi connectivity index (χ0v) is 16.7. The molecule has 0 amide bonds. The van der Waals surface area contributed by atoms with Crippen LogP contribution in [0.3, 0.4) is 0 Å². The summed E-state index contributed by atoms with van der Waals surface area (Å²) in [5, 5.41) is 0. The van der Waals surface area contributed by atoms with Gasteiger partial charge in [0.2, 0.25) is 0 Å². The van der Waals surface area contributed by atoms with Gasteiger partial charge in [-0.2, -0.15) is 10.9 Å². The molecule has 27 heavy (non-hydrogen) atoms. The minimum atomic E-state index is -0.539. The van der Waals surface area contributed by atoms with Crippen molar-refractivity contribution in [3.8, 4) is 11.1 Å². The summed E-state index contributed by atoms with van der Waals surface area (Å²) in [6, 6.07) is 37.5. The van der Waals surface area contributed by atoms with Crippen LogP contribution in [0.15, 0.2) is 118 Å². The van der Waals surface area contributed by atoms with Gasteiger partial charge in [-0.1, -0.05) is 66.7 Å². The van der Waals surface area contributed by atoms with Gasteiger partial charge in [-0.15, -0.1) is 0 Å². The van der Waals surface area contributed by atoms with Crippen LogP contribution in [0.5, 0.6) is 0 Å². The smallest absolute Gasteiger partial charge is 0.00448 e. The summed E-state index contributed by atoms with van der Waals surface area (Å²) in [5.74, 6) is 0. The summed E-state index contributed by atoms with van der Waals surface area (Å²) >= 11 is 0. The second-order valence-electron chi connectivity index (χ2n) is 6.85. The Hall–Kier alpha value is -2.77. The van der Waals surface area contributed by atoms with E-state index in [1.54, 1.807) is 0 Å². The molecule has 0 N–H and O–H groups in total. The Morgan fingerprint density at radius 3 is 1.44 bits per heavy atom. The van der Waals surface area contributed by atoms with E-state index < -0.39 is 10.9 Å². The average Bonchev–Trinajstić information content (AvgIpc) is 2.72. The van der Waals surface area contributed by atoms with Crippen LogP contribution in [0.4, 0.5) is 0 Å². The molecule has 0 unspecified atom stereocenters. The highest BCUT2D eigenvalue weighted by atomic mass is 32.2. The number of benzene rings is 4. The van der Waals surface area contributed by atoms with Crippen molar-refractivity contribution in [2.45, 2.75) is 28.5 Å². The lowest BCUT2D eigenvalue weighted by molar-refractivity contribution is 1.32. The Kier molecular flexibility index (Phi) is 5.13. The first-order valence-corrected chi connectivity index (χ1v) is 10.6. The molecule has 0 saturated heterocycles. The van der Waals surface area contributed by atoms with Crippen LogP contribution in [0.1, 0.15) is 11.1 Å². The van der Waals surface area contributed by atoms with Gasteiger partial charge in [-0.05, 0) is 87.2 Å². The Labute approximate surface area is 164 Å². The molecule has 0 aliphatic rings. The lowest BCUT2D eigenvalue weighted by atomic mass is 10.0. The van der Waals surface area contributed by atoms with Crippen LogP contribution in [0.2, 0.25) is 0 Å². The van der Waals surface area contributed by atoms with E-state index in [0.29, 0.717) is 0 Å². The molecule has 0 aliphatic heterocycles. The van der Waals surface area contributed by atoms with Gasteiger partial charge < -0.3 is 0 Å². The summed E-state index contributed by atoms with van der Waals surface area (Å²) in [6.45, 7) is 4.34. The zero-order chi connectivity index (χ0) is 18.6. The molecule has 0 heterocycles. The first-order chi connectivity index (χ1) is 13.2. The maximum Gasteiger partial charge on any atom is -0.00448 e. The highest BCUT2D eigenvalue weighted by molar-refractivity contribution is 8.17. The van der Waals surface area contributed by atoms with Crippen LogP contribution in [0, 0.1) is 13.8 Å². The van der Waals surface area contributed by atoms with Gasteiger partial charge in [0.15, 0.2) is 0 Å². The second-order valence-corrected chi connectivity index (χ2v) is 9.07. The van der Waals surface area contributed by atoms with E-state index in [2.05, 4.69) is 117 Å². The topological polar surface area (TPSA) is 0 Å². The summed E-state index contributed by atoms with van der Waals surface area (Å²) in [6.07, 6.45) is 0. The summed E-state index contributed by atoms with van der Waals surface area (Å²) in [7, 11) is -0.539. The van der Waals surface area contributed by atoms with E-state index in [0.717, 1.165) is 0 Å². The molecule has 0 saturated carbocycles. The first kappa shape index (κ1) is 17.6. The largest absolute Gasteiger partial charge is 0.173 e. The quantitative estimate of drug-likeness (QED) is 0.355. The van der Waals surface area contributed by atoms with Gasteiger partial charge >= 0.3 is 0 Å². The maximum atomic E-state index is 2.30. The van der Waals surface area contributed by atoms with E-state index in [9.17, 15) is 0 Å². The monoisotopic (exact) mass is 368 g/mol. The molecule has 0 atom stereocenters. The average molecular weight is 369 g/mol. The third-order valence-corrected chi connectivity index (χ3v) is 7.44. The Balaban J connectivity index is 1.74. The third kappa shape index (κ3) is 3.84. The van der Waals surface area contributed by atoms with Crippen LogP contribution in [-0.2, 0) is 0 Å². The molecule has 134 valence electrons. The van der Waals surface area contributed by atoms with E-state index in [1.165, 1.54) is 36.9 Å². The summed E-state index contributed by atoms with van der Waals surface area (Å²) in [5.41, 5.74) is 5.24. The molecule has 1 heteroatoms. The minimum Gasteiger partial charge on any atom is -0.173 e. The molecule has 4 aromatic carbocycles. The molecule has 0 aliphatic carbocycles. The number of thiol groups is 1. The molecule has 0 spiro atoms. The predicted octanol–water partition coefficient (Wildman–Crippen LogP) is 7.45. The van der Waals surface area contributed by atoms with Gasteiger partial charge in [0, 0.05) is 0 Å². The molecular weight excluding hydrogens is 344 g/mol. The van der Waals surface area contributed by atoms with E-state index in [4.69, 9.17) is 0 Å². The molecular formula is C26H24S. The standard InChI is InChI=1S/C26H24S/c1-20-13-14-23(19-21(20)2)22-15-17-26(18-16-22)27(24-9-5-3-6-10-24)25-11-7-4-8-12-25/h3-19,27H,1-2H3. The SMILES string of the molecule is Cc1ccc(-c2ccc([SH](c3ccccc3)c3ccccc3)cc2)cc1C. The number of hydrogen-bond donors (Lipinski definition) is 1. The summed E-state index contributed by atoms with van der Waals surface area (Å²) < 4.78 is 0. The van der Waals surface area contributed by atoms with E-state index >= 15 is 0 Å². The Morgan fingerprint density at radius 2 is 0.926 bits per heavy atom. The molecule has 0 fully saturated rings. The van der Waals surface area contributed by atoms with E-state index in [-0.39, 0.29) is 0 Å².